The third-order valence-corrected chi connectivity index (χ3v) is 4.96. The van der Waals surface area contributed by atoms with E-state index >= 15 is 0 Å². The molecule has 1 amide bonds. The van der Waals surface area contributed by atoms with Crippen molar-refractivity contribution in [3.63, 3.8) is 0 Å². The van der Waals surface area contributed by atoms with E-state index in [9.17, 15) is 4.79 Å². The summed E-state index contributed by atoms with van der Waals surface area (Å²) in [6.07, 6.45) is 0. The van der Waals surface area contributed by atoms with Crippen molar-refractivity contribution in [3.05, 3.63) is 35.0 Å². The molecule has 0 spiro atoms. The predicted octanol–water partition coefficient (Wildman–Crippen LogP) is 3.44. The number of hydrogen-bond donors (Lipinski definition) is 3. The van der Waals surface area contributed by atoms with E-state index in [-0.39, 0.29) is 17.7 Å². The molecule has 4 N–H and O–H groups in total. The summed E-state index contributed by atoms with van der Waals surface area (Å²) in [6.45, 7) is 5.90. The Labute approximate surface area is 178 Å². The molecule has 0 aliphatic heterocycles. The van der Waals surface area contributed by atoms with Gasteiger partial charge in [0.1, 0.15) is 0 Å². The Balaban J connectivity index is 0.00000190. The van der Waals surface area contributed by atoms with Gasteiger partial charge < -0.3 is 10.6 Å². The van der Waals surface area contributed by atoms with Gasteiger partial charge in [-0.15, -0.1) is 0 Å². The van der Waals surface area contributed by atoms with Crippen LogP contribution in [0.1, 0.15) is 26.5 Å². The van der Waals surface area contributed by atoms with Gasteiger partial charge in [0, 0.05) is 29.6 Å². The second-order valence-electron chi connectivity index (χ2n) is 5.22. The molecule has 154 valence electrons. The third kappa shape index (κ3) is 8.09. The number of nitrogens with one attached hydrogen (secondary N) is 2. The average molecular weight is 445 g/mol. The Hall–Kier alpha value is -1.75. The van der Waals surface area contributed by atoms with E-state index in [2.05, 4.69) is 25.9 Å². The van der Waals surface area contributed by atoms with Gasteiger partial charge in [-0.05, 0) is 35.4 Å². The summed E-state index contributed by atoms with van der Waals surface area (Å²) in [5.41, 5.74) is 1.27. The lowest BCUT2D eigenvalue weighted by molar-refractivity contribution is -0.119. The minimum atomic E-state index is -0.109. The highest BCUT2D eigenvalue weighted by atomic mass is 35.5. The number of halogens is 1. The fourth-order valence-corrected chi connectivity index (χ4v) is 3.25. The van der Waals surface area contributed by atoms with E-state index in [1.807, 2.05) is 32.9 Å². The van der Waals surface area contributed by atoms with E-state index in [0.29, 0.717) is 27.3 Å². The smallest absolute Gasteiger partial charge is 0.231 e. The standard InChI is InChI=1S/C15H19ClN6O2S2.C2H6/c1-9(19-12(23)8-26-17)7-25-15-13(21-24-22-15)14(18-2)20-11-5-3-4-10(16)6-11;1-2/h3-6,9H,7-8,17H2,1-2H3,(H,18,20)(H,19,23);1-2H3. The van der Waals surface area contributed by atoms with Gasteiger partial charge in [-0.3, -0.25) is 14.9 Å². The Morgan fingerprint density at radius 3 is 2.79 bits per heavy atom. The summed E-state index contributed by atoms with van der Waals surface area (Å²) in [5.74, 6) is 1.22. The lowest BCUT2D eigenvalue weighted by Crippen LogP contribution is -2.35. The minimum absolute atomic E-state index is 0.0629. The molecule has 0 aliphatic rings. The van der Waals surface area contributed by atoms with Crippen molar-refractivity contribution < 1.29 is 9.42 Å². The number of carbonyl (C=O) groups is 1. The number of nitrogens with zero attached hydrogens (tertiary/aromatic N) is 3. The zero-order valence-corrected chi connectivity index (χ0v) is 18.6. The zero-order chi connectivity index (χ0) is 20.9. The summed E-state index contributed by atoms with van der Waals surface area (Å²) in [7, 11) is 1.64. The van der Waals surface area contributed by atoms with Gasteiger partial charge in [0.2, 0.25) is 5.91 Å². The zero-order valence-electron chi connectivity index (χ0n) is 16.2. The summed E-state index contributed by atoms with van der Waals surface area (Å²) >= 11 is 8.40. The number of amidine groups is 1. The van der Waals surface area contributed by atoms with Crippen molar-refractivity contribution in [2.75, 3.05) is 23.9 Å². The van der Waals surface area contributed by atoms with Gasteiger partial charge in [0.15, 0.2) is 16.6 Å². The van der Waals surface area contributed by atoms with Crippen LogP contribution in [0.25, 0.3) is 0 Å². The van der Waals surface area contributed by atoms with Crippen molar-refractivity contribution >= 4 is 52.7 Å². The summed E-state index contributed by atoms with van der Waals surface area (Å²) in [5, 5.41) is 20.3. The van der Waals surface area contributed by atoms with Gasteiger partial charge >= 0.3 is 0 Å². The summed E-state index contributed by atoms with van der Waals surface area (Å²) < 4.78 is 4.87. The van der Waals surface area contributed by atoms with Crippen molar-refractivity contribution in [2.24, 2.45) is 10.1 Å². The van der Waals surface area contributed by atoms with E-state index in [4.69, 9.17) is 21.4 Å². The first-order valence-electron chi connectivity index (χ1n) is 8.59. The third-order valence-electron chi connectivity index (χ3n) is 3.09. The number of carbonyl (C=O) groups excluding carboxylic acids is 1. The molecule has 1 atom stereocenters. The van der Waals surface area contributed by atoms with Crippen LogP contribution in [-0.4, -0.2) is 46.7 Å². The first-order chi connectivity index (χ1) is 13.5. The van der Waals surface area contributed by atoms with Crippen LogP contribution < -0.4 is 15.8 Å². The highest BCUT2D eigenvalue weighted by Crippen LogP contribution is 2.22. The lowest BCUT2D eigenvalue weighted by atomic mass is 10.3. The highest BCUT2D eigenvalue weighted by molar-refractivity contribution is 7.99. The van der Waals surface area contributed by atoms with Crippen LogP contribution in [0.15, 0.2) is 38.9 Å². The van der Waals surface area contributed by atoms with Crippen LogP contribution in [-0.2, 0) is 4.79 Å². The van der Waals surface area contributed by atoms with E-state index in [1.165, 1.54) is 11.8 Å². The number of thioether (sulfide) groups is 1. The Bertz CT molecular complexity index is 772. The number of benzene rings is 1. The van der Waals surface area contributed by atoms with Gasteiger partial charge in [0.05, 0.1) is 5.75 Å². The summed E-state index contributed by atoms with van der Waals surface area (Å²) in [6, 6.07) is 7.20. The number of aliphatic imine (C=N–C) groups is 1. The molecule has 1 unspecified atom stereocenters. The fraction of sp³-hybridized carbons (Fsp3) is 0.412. The van der Waals surface area contributed by atoms with Gasteiger partial charge in [-0.1, -0.05) is 55.2 Å². The van der Waals surface area contributed by atoms with Crippen LogP contribution in [0.5, 0.6) is 0 Å². The fourth-order valence-electron chi connectivity index (χ4n) is 1.98. The van der Waals surface area contributed by atoms with Gasteiger partial charge in [0.25, 0.3) is 0 Å². The molecule has 0 saturated heterocycles. The number of amides is 1. The Morgan fingerprint density at radius 2 is 2.14 bits per heavy atom. The quantitative estimate of drug-likeness (QED) is 0.245. The first kappa shape index (κ1) is 24.3. The topological polar surface area (TPSA) is 118 Å². The van der Waals surface area contributed by atoms with Crippen LogP contribution in [0.4, 0.5) is 5.69 Å². The maximum absolute atomic E-state index is 11.6. The number of hydrogen-bond acceptors (Lipinski definition) is 8. The van der Waals surface area contributed by atoms with Crippen LogP contribution in [0, 0.1) is 0 Å². The molecule has 11 heteroatoms. The van der Waals surface area contributed by atoms with Crippen LogP contribution in [0.2, 0.25) is 5.02 Å². The number of aromatic nitrogens is 2. The SMILES string of the molecule is CC.CN=C(Nc1cccc(Cl)c1)c1nonc1SCC(C)NC(=O)CSN. The van der Waals surface area contributed by atoms with Crippen LogP contribution >= 0.6 is 35.3 Å². The number of rotatable bonds is 8. The molecule has 0 radical (unpaired) electrons. The van der Waals surface area contributed by atoms with E-state index in [1.54, 1.807) is 19.2 Å². The molecule has 1 aromatic carbocycles. The maximum Gasteiger partial charge on any atom is 0.231 e. The minimum Gasteiger partial charge on any atom is -0.352 e. The molecule has 1 aromatic heterocycles. The molecule has 8 nitrogen and oxygen atoms in total. The molecule has 2 aromatic rings. The second kappa shape index (κ2) is 13.4. The number of nitrogens with two attached hydrogens (primary N) is 1. The van der Waals surface area contributed by atoms with Crippen molar-refractivity contribution in [1.82, 2.24) is 15.6 Å². The van der Waals surface area contributed by atoms with Crippen molar-refractivity contribution in [2.45, 2.75) is 31.8 Å². The highest BCUT2D eigenvalue weighted by Gasteiger charge is 2.18. The van der Waals surface area contributed by atoms with Crippen molar-refractivity contribution in [3.8, 4) is 0 Å². The second-order valence-corrected chi connectivity index (χ2v) is 7.28. The average Bonchev–Trinajstić information content (AvgIpc) is 3.14. The molecule has 0 fully saturated rings. The monoisotopic (exact) mass is 444 g/mol. The Kier molecular flexibility index (Phi) is 11.7. The van der Waals surface area contributed by atoms with E-state index in [0.717, 1.165) is 17.6 Å². The van der Waals surface area contributed by atoms with Crippen molar-refractivity contribution in [1.29, 1.82) is 0 Å². The molecule has 1 heterocycles. The molecule has 0 aliphatic carbocycles. The number of anilines is 1. The van der Waals surface area contributed by atoms with Crippen LogP contribution in [0.3, 0.4) is 0 Å². The molecule has 2 rings (SSSR count). The van der Waals surface area contributed by atoms with Gasteiger partial charge in [-0.2, -0.15) is 0 Å². The Morgan fingerprint density at radius 1 is 1.39 bits per heavy atom. The maximum atomic E-state index is 11.6. The lowest BCUT2D eigenvalue weighted by Gasteiger charge is -2.12. The van der Waals surface area contributed by atoms with Gasteiger partial charge in [-0.25, -0.2) is 4.63 Å². The first-order valence-corrected chi connectivity index (χ1v) is 11.0. The normalized spacial score (nSPS) is 12.0. The predicted molar refractivity (Wildman–Crippen MR) is 118 cm³/mol. The molecular weight excluding hydrogens is 420 g/mol. The van der Waals surface area contributed by atoms with E-state index < -0.39 is 0 Å². The molecular formula is C17H25ClN6O2S2. The summed E-state index contributed by atoms with van der Waals surface area (Å²) in [4.78, 5) is 15.8. The molecule has 0 saturated carbocycles. The molecule has 28 heavy (non-hydrogen) atoms. The largest absolute Gasteiger partial charge is 0.352 e. The molecule has 0 bridgehead atoms.